The molecule has 9 rings (SSSR count). The van der Waals surface area contributed by atoms with E-state index in [1.165, 1.54) is 8.52 Å². The van der Waals surface area contributed by atoms with Gasteiger partial charge in [-0.1, -0.05) is 6.08 Å². The monoisotopic (exact) mass is 1110 g/mol. The molecule has 0 amide bonds. The van der Waals surface area contributed by atoms with Gasteiger partial charge in [0.25, 0.3) is 0 Å². The molecule has 0 saturated carbocycles. The summed E-state index contributed by atoms with van der Waals surface area (Å²) in [5.41, 5.74) is 5.69. The molecule has 0 fully saturated rings. The van der Waals surface area contributed by atoms with Gasteiger partial charge in [0.1, 0.15) is 23.2 Å². The van der Waals surface area contributed by atoms with E-state index >= 15 is 0 Å². The number of hydrogen-bond donors (Lipinski definition) is 1. The molecule has 19 heteroatoms. The second kappa shape index (κ2) is 26.5. The molecule has 0 bridgehead atoms. The first-order chi connectivity index (χ1) is 34.6. The molecule has 0 saturated heterocycles. The molecule has 0 unspecified atom stereocenters. The van der Waals surface area contributed by atoms with Crippen LogP contribution in [-0.4, -0.2) is 142 Å². The number of pyridine rings is 1. The number of anilines is 2. The fourth-order valence-electron chi connectivity index (χ4n) is 6.28. The molecule has 0 spiro atoms. The Labute approximate surface area is 426 Å². The van der Waals surface area contributed by atoms with Crippen LogP contribution in [0.1, 0.15) is 43.6 Å². The van der Waals surface area contributed by atoms with Gasteiger partial charge in [0.15, 0.2) is 0 Å². The van der Waals surface area contributed by atoms with E-state index in [0.717, 1.165) is 75.9 Å². The summed E-state index contributed by atoms with van der Waals surface area (Å²) in [5, 5.41) is 9.75. The molecule has 0 aliphatic heterocycles. The van der Waals surface area contributed by atoms with Crippen molar-refractivity contribution in [1.82, 2.24) is 39.9 Å². The third-order valence-corrected chi connectivity index (χ3v) is 14.9. The summed E-state index contributed by atoms with van der Waals surface area (Å²) in [6.07, 6.45) is 21.8. The molecule has 14 nitrogen and oxygen atoms in total. The number of aromatic nitrogens is 8. The number of alkyl halides is 2. The molecule has 6 aromatic heterocycles. The second-order valence-electron chi connectivity index (χ2n) is 15.5. The van der Waals surface area contributed by atoms with Crippen LogP contribution in [0.15, 0.2) is 97.7 Å². The summed E-state index contributed by atoms with van der Waals surface area (Å²) in [6.45, 7) is 1.51. The van der Waals surface area contributed by atoms with Gasteiger partial charge in [-0.3, -0.25) is 0 Å². The van der Waals surface area contributed by atoms with Crippen LogP contribution >= 0.6 is 11.3 Å². The second-order valence-corrected chi connectivity index (χ2v) is 21.1. The predicted octanol–water partition coefficient (Wildman–Crippen LogP) is 9.13. The molecule has 0 atom stereocenters. The van der Waals surface area contributed by atoms with Crippen LogP contribution in [0.3, 0.4) is 0 Å². The summed E-state index contributed by atoms with van der Waals surface area (Å²) < 4.78 is 45.9. The molecule has 9 aromatic rings. The molecule has 0 aliphatic rings. The quantitative estimate of drug-likeness (QED) is 0.0812. The summed E-state index contributed by atoms with van der Waals surface area (Å²) >= 11 is 1.94. The van der Waals surface area contributed by atoms with Crippen molar-refractivity contribution < 1.29 is 28.1 Å². The first-order valence-electron chi connectivity index (χ1n) is 22.4. The van der Waals surface area contributed by atoms with E-state index in [2.05, 4.69) is 39.9 Å². The number of thiazole rings is 1. The van der Waals surface area contributed by atoms with Gasteiger partial charge in [-0.15, -0.1) is 11.3 Å². The van der Waals surface area contributed by atoms with Gasteiger partial charge >= 0.3 is 285 Å². The number of rotatable bonds is 18. The first-order valence-corrected chi connectivity index (χ1v) is 26.6. The van der Waals surface area contributed by atoms with E-state index in [1.807, 2.05) is 167 Å². The molecular formula is C52H52F2N10O4SSe2. The van der Waals surface area contributed by atoms with Gasteiger partial charge < -0.3 is 14.7 Å². The number of hydrogen-bond acceptors (Lipinski definition) is 15. The van der Waals surface area contributed by atoms with Crippen molar-refractivity contribution in [2.45, 2.75) is 13.3 Å². The summed E-state index contributed by atoms with van der Waals surface area (Å²) in [6, 6.07) is 21.3. The number of halogens is 2. The first kappa shape index (κ1) is 52.1. The Balaban J connectivity index is 0.000000157. The molecule has 0 aliphatic carbocycles. The van der Waals surface area contributed by atoms with Crippen molar-refractivity contribution in [3.63, 3.8) is 0 Å². The number of aryl methyl sites for hydroxylation is 1. The van der Waals surface area contributed by atoms with Crippen LogP contribution in [0.4, 0.5) is 20.5 Å². The fraction of sp³-hybridized carbons (Fsp3) is 0.231. The van der Waals surface area contributed by atoms with E-state index < -0.39 is 13.3 Å². The zero-order valence-electron chi connectivity index (χ0n) is 39.8. The molecule has 6 heterocycles. The van der Waals surface area contributed by atoms with Crippen molar-refractivity contribution >= 4 is 118 Å². The van der Waals surface area contributed by atoms with Crippen molar-refractivity contribution in [2.24, 2.45) is 0 Å². The molecule has 1 N–H and O–H groups in total. The Morgan fingerprint density at radius 1 is 0.563 bits per heavy atom. The van der Waals surface area contributed by atoms with Gasteiger partial charge in [-0.2, -0.15) is 0 Å². The number of aliphatic hydroxyl groups is 1. The van der Waals surface area contributed by atoms with Crippen LogP contribution in [0.2, 0.25) is 0 Å². The van der Waals surface area contributed by atoms with Crippen molar-refractivity contribution in [3.05, 3.63) is 134 Å². The van der Waals surface area contributed by atoms with E-state index in [0.29, 0.717) is 24.1 Å². The van der Waals surface area contributed by atoms with E-state index in [1.54, 1.807) is 23.7 Å². The third kappa shape index (κ3) is 15.6. The molecule has 3 aromatic carbocycles. The standard InChI is InChI=1S/C18H19N3O2S.C17H17FN4OSe.C17H16FN3OSe/c1-21(2)17-7-3-13(12-19-17)4-8-18-20-15-6-5-14(23-10-9-22)11-16(15)24-18;1-22(2)17-19-10-12(11-20-17)3-6-16-21-14-9-13(23-8-7-18)4-5-15(14)24-16;1-2-16-19-10-12(11-20-16)3-6-17-21-14-9-13(22-8-7-18)4-5-15(14)23-17/h3-8,11-12,22H,9-10H2,1-2H3;3-6,9-11H,7-8H2,1-2H3;3-6,9-11H,2,7-8H2,1H3/b8-4+;2*6-3+. The maximum absolute atomic E-state index is 12.2. The summed E-state index contributed by atoms with van der Waals surface area (Å²) in [5.74, 6) is 4.53. The predicted molar refractivity (Wildman–Crippen MR) is 286 cm³/mol. The normalized spacial score (nSPS) is 11.3. The average molecular weight is 1110 g/mol. The van der Waals surface area contributed by atoms with E-state index in [-0.39, 0.29) is 48.8 Å². The number of fused-ring (bicyclic) bond motifs is 3. The van der Waals surface area contributed by atoms with Crippen LogP contribution < -0.4 is 24.0 Å². The van der Waals surface area contributed by atoms with Crippen molar-refractivity contribution in [2.75, 3.05) is 77.8 Å². The van der Waals surface area contributed by atoms with Crippen LogP contribution in [0.5, 0.6) is 17.2 Å². The van der Waals surface area contributed by atoms with Gasteiger partial charge in [-0.05, 0) is 42.0 Å². The summed E-state index contributed by atoms with van der Waals surface area (Å²) in [4.78, 5) is 39.2. The average Bonchev–Trinajstić information content (AvgIpc) is 4.14. The van der Waals surface area contributed by atoms with Gasteiger partial charge in [-0.25, -0.2) is 9.97 Å². The Bertz CT molecular complexity index is 3040. The molecule has 0 radical (unpaired) electrons. The Kier molecular flexibility index (Phi) is 19.4. The fourth-order valence-corrected chi connectivity index (χ4v) is 10.7. The Morgan fingerprint density at radius 2 is 1.10 bits per heavy atom. The topological polar surface area (TPSA) is 158 Å². The van der Waals surface area contributed by atoms with Crippen LogP contribution in [-0.2, 0) is 6.42 Å². The number of ether oxygens (including phenoxy) is 3. The van der Waals surface area contributed by atoms with Gasteiger partial charge in [0.2, 0.25) is 0 Å². The number of aliphatic hydroxyl groups excluding tert-OH is 1. The van der Waals surface area contributed by atoms with Crippen molar-refractivity contribution in [3.8, 4) is 17.2 Å². The Morgan fingerprint density at radius 3 is 1.62 bits per heavy atom. The zero-order valence-corrected chi connectivity index (χ0v) is 44.0. The number of nitrogens with zero attached hydrogens (tertiary/aromatic N) is 10. The number of benzene rings is 3. The van der Waals surface area contributed by atoms with E-state index in [9.17, 15) is 8.78 Å². The zero-order chi connectivity index (χ0) is 50.0. The summed E-state index contributed by atoms with van der Waals surface area (Å²) in [7, 11) is 7.75. The van der Waals surface area contributed by atoms with Gasteiger partial charge in [0, 0.05) is 20.3 Å². The van der Waals surface area contributed by atoms with Crippen LogP contribution in [0.25, 0.3) is 66.2 Å². The minimum absolute atomic E-state index is 0.00929. The Hall–Kier alpha value is -6.72. The van der Waals surface area contributed by atoms with Crippen molar-refractivity contribution in [1.29, 1.82) is 0 Å². The SMILES string of the molecule is CCc1ncc(/C=C/c2nc3cc(OCCF)ccc3[se]2)cn1.CN(C)c1ccc(/C=C/c2nc3ccc(OCCO)cc3s2)cn1.CN(C)c1ncc(/C=C/c2nc3cc(OCCF)ccc3[se]2)cn1. The van der Waals surface area contributed by atoms with Gasteiger partial charge in [0.05, 0.1) is 16.8 Å². The minimum atomic E-state index is -0.493. The molecule has 366 valence electrons. The van der Waals surface area contributed by atoms with E-state index in [4.69, 9.17) is 19.3 Å². The van der Waals surface area contributed by atoms with Crippen LogP contribution in [0, 0.1) is 0 Å². The maximum atomic E-state index is 12.2. The molecule has 71 heavy (non-hydrogen) atoms. The molecular weight excluding hydrogens is 1060 g/mol. The third-order valence-electron chi connectivity index (χ3n) is 9.76.